The maximum absolute atomic E-state index is 12.9. The third kappa shape index (κ3) is 5.51. The Morgan fingerprint density at radius 3 is 2.40 bits per heavy atom. The highest BCUT2D eigenvalue weighted by Crippen LogP contribution is 2.34. The number of methoxy groups -OCH3 is 2. The molecule has 2 aliphatic rings. The molecule has 1 atom stereocenters. The van der Waals surface area contributed by atoms with Gasteiger partial charge in [0.2, 0.25) is 0 Å². The molecule has 0 aromatic heterocycles. The number of para-hydroxylation sites is 1. The van der Waals surface area contributed by atoms with E-state index in [1.165, 1.54) is 7.11 Å². The first kappa shape index (κ1) is 24.4. The molecule has 1 unspecified atom stereocenters. The predicted molar refractivity (Wildman–Crippen MR) is 133 cm³/mol. The number of ether oxygens (including phenoxy) is 3. The molecule has 1 saturated heterocycles. The summed E-state index contributed by atoms with van der Waals surface area (Å²) in [6, 6.07) is 14.4. The van der Waals surface area contributed by atoms with Gasteiger partial charge in [0.05, 0.1) is 32.4 Å². The fourth-order valence-corrected chi connectivity index (χ4v) is 4.51. The van der Waals surface area contributed by atoms with Crippen LogP contribution in [0.1, 0.15) is 18.5 Å². The number of hydrogen-bond donors (Lipinski definition) is 2. The summed E-state index contributed by atoms with van der Waals surface area (Å²) in [4.78, 5) is 30.1. The van der Waals surface area contributed by atoms with Crippen molar-refractivity contribution in [2.45, 2.75) is 13.0 Å². The van der Waals surface area contributed by atoms with Crippen LogP contribution in [0.5, 0.6) is 11.5 Å². The fraction of sp³-hybridized carbons (Fsp3) is 0.385. The summed E-state index contributed by atoms with van der Waals surface area (Å²) < 4.78 is 16.1. The summed E-state index contributed by atoms with van der Waals surface area (Å²) in [5.41, 5.74) is 2.79. The van der Waals surface area contributed by atoms with Gasteiger partial charge in [-0.15, -0.1) is 0 Å². The molecular formula is C26H32N4O5. The highest BCUT2D eigenvalue weighted by Gasteiger charge is 2.35. The van der Waals surface area contributed by atoms with Gasteiger partial charge in [-0.25, -0.2) is 9.59 Å². The molecule has 2 heterocycles. The Balaban J connectivity index is 1.55. The average molecular weight is 481 g/mol. The molecule has 2 amide bonds. The number of amides is 2. The van der Waals surface area contributed by atoms with E-state index in [4.69, 9.17) is 14.2 Å². The maximum Gasteiger partial charge on any atom is 0.338 e. The molecule has 0 aliphatic carbocycles. The zero-order chi connectivity index (χ0) is 24.8. The quantitative estimate of drug-likeness (QED) is 0.562. The van der Waals surface area contributed by atoms with Gasteiger partial charge in [-0.1, -0.05) is 18.2 Å². The van der Waals surface area contributed by atoms with E-state index < -0.39 is 12.0 Å². The van der Waals surface area contributed by atoms with Crippen LogP contribution in [0.4, 0.5) is 10.5 Å². The van der Waals surface area contributed by atoms with Gasteiger partial charge in [-0.3, -0.25) is 4.90 Å². The SMILES string of the molecule is CCOc1ccccc1C1NC(=O)NC(CN2CCN(c3ccc(OC)cc3)CC2)=C1C(=O)OC. The Morgan fingerprint density at radius 1 is 1.03 bits per heavy atom. The van der Waals surface area contributed by atoms with Crippen LogP contribution in [-0.2, 0) is 9.53 Å². The molecule has 4 rings (SSSR count). The van der Waals surface area contributed by atoms with Crippen molar-refractivity contribution in [3.63, 3.8) is 0 Å². The average Bonchev–Trinajstić information content (AvgIpc) is 2.89. The molecule has 1 fully saturated rings. The molecule has 2 aliphatic heterocycles. The zero-order valence-electron chi connectivity index (χ0n) is 20.4. The number of benzene rings is 2. The van der Waals surface area contributed by atoms with E-state index in [0.29, 0.717) is 35.7 Å². The third-order valence-corrected chi connectivity index (χ3v) is 6.28. The van der Waals surface area contributed by atoms with E-state index in [0.717, 1.165) is 37.6 Å². The second kappa shape index (κ2) is 11.1. The van der Waals surface area contributed by atoms with E-state index in [9.17, 15) is 9.59 Å². The molecule has 0 spiro atoms. The van der Waals surface area contributed by atoms with Gasteiger partial charge in [0, 0.05) is 49.7 Å². The molecule has 35 heavy (non-hydrogen) atoms. The van der Waals surface area contributed by atoms with Crippen LogP contribution in [0.2, 0.25) is 0 Å². The lowest BCUT2D eigenvalue weighted by atomic mass is 9.94. The number of nitrogens with one attached hydrogen (secondary N) is 2. The van der Waals surface area contributed by atoms with Crippen molar-refractivity contribution in [2.75, 3.05) is 58.5 Å². The first-order valence-electron chi connectivity index (χ1n) is 11.8. The minimum atomic E-state index is -0.672. The van der Waals surface area contributed by atoms with E-state index in [1.807, 2.05) is 43.3 Å². The van der Waals surface area contributed by atoms with E-state index in [1.54, 1.807) is 7.11 Å². The number of hydrogen-bond acceptors (Lipinski definition) is 7. The van der Waals surface area contributed by atoms with Gasteiger partial charge in [-0.05, 0) is 37.3 Å². The molecule has 9 nitrogen and oxygen atoms in total. The van der Waals surface area contributed by atoms with Crippen LogP contribution >= 0.6 is 0 Å². The first-order valence-corrected chi connectivity index (χ1v) is 11.8. The summed E-state index contributed by atoms with van der Waals surface area (Å²) in [6.45, 7) is 6.03. The maximum atomic E-state index is 12.9. The van der Waals surface area contributed by atoms with Crippen LogP contribution in [0.15, 0.2) is 59.8 Å². The molecule has 0 radical (unpaired) electrons. The molecule has 186 valence electrons. The van der Waals surface area contributed by atoms with Crippen LogP contribution in [-0.4, -0.2) is 70.5 Å². The number of piperazine rings is 1. The Bertz CT molecular complexity index is 1080. The molecule has 2 N–H and O–H groups in total. The van der Waals surface area contributed by atoms with Gasteiger partial charge < -0.3 is 29.7 Å². The van der Waals surface area contributed by atoms with Gasteiger partial charge in [0.15, 0.2) is 0 Å². The van der Waals surface area contributed by atoms with E-state index in [2.05, 4.69) is 32.6 Å². The number of carbonyl (C=O) groups is 2. The van der Waals surface area contributed by atoms with Crippen molar-refractivity contribution in [3.8, 4) is 11.5 Å². The van der Waals surface area contributed by atoms with Crippen molar-refractivity contribution >= 4 is 17.7 Å². The van der Waals surface area contributed by atoms with Gasteiger partial charge in [0.1, 0.15) is 11.5 Å². The van der Waals surface area contributed by atoms with Crippen LogP contribution in [0, 0.1) is 0 Å². The highest BCUT2D eigenvalue weighted by atomic mass is 16.5. The van der Waals surface area contributed by atoms with Crippen molar-refractivity contribution in [3.05, 3.63) is 65.4 Å². The largest absolute Gasteiger partial charge is 0.497 e. The Kier molecular flexibility index (Phi) is 7.77. The standard InChI is InChI=1S/C26H32N4O5/c1-4-35-22-8-6-5-7-20(22)24-23(25(31)34-3)21(27-26(32)28-24)17-29-13-15-30(16-14-29)18-9-11-19(33-2)12-10-18/h5-12,24H,4,13-17H2,1-3H3,(H2,27,28,32). The summed E-state index contributed by atoms with van der Waals surface area (Å²) in [5, 5.41) is 5.73. The van der Waals surface area contributed by atoms with E-state index >= 15 is 0 Å². The monoisotopic (exact) mass is 480 g/mol. The topological polar surface area (TPSA) is 92.4 Å². The van der Waals surface area contributed by atoms with Crippen molar-refractivity contribution in [1.82, 2.24) is 15.5 Å². The van der Waals surface area contributed by atoms with Crippen molar-refractivity contribution < 1.29 is 23.8 Å². The summed E-state index contributed by atoms with van der Waals surface area (Å²) in [7, 11) is 3.01. The number of esters is 1. The highest BCUT2D eigenvalue weighted by molar-refractivity contribution is 5.95. The molecule has 2 aromatic rings. The molecule has 0 saturated carbocycles. The number of carbonyl (C=O) groups excluding carboxylic acids is 2. The van der Waals surface area contributed by atoms with Crippen LogP contribution in [0.3, 0.4) is 0 Å². The lowest BCUT2D eigenvalue weighted by Gasteiger charge is -2.38. The van der Waals surface area contributed by atoms with Gasteiger partial charge in [-0.2, -0.15) is 0 Å². The normalized spacial score (nSPS) is 18.5. The number of rotatable bonds is 8. The smallest absolute Gasteiger partial charge is 0.338 e. The summed E-state index contributed by atoms with van der Waals surface area (Å²) in [6.07, 6.45) is 0. The fourth-order valence-electron chi connectivity index (χ4n) is 4.51. The van der Waals surface area contributed by atoms with Crippen LogP contribution in [0.25, 0.3) is 0 Å². The Labute approximate surface area is 205 Å². The van der Waals surface area contributed by atoms with Crippen LogP contribution < -0.4 is 25.0 Å². The molecule has 9 heteroatoms. The lowest BCUT2D eigenvalue weighted by molar-refractivity contribution is -0.136. The first-order chi connectivity index (χ1) is 17.0. The minimum Gasteiger partial charge on any atom is -0.497 e. The molecular weight excluding hydrogens is 448 g/mol. The molecule has 0 bridgehead atoms. The van der Waals surface area contributed by atoms with Gasteiger partial charge in [0.25, 0.3) is 0 Å². The van der Waals surface area contributed by atoms with Crippen molar-refractivity contribution in [2.24, 2.45) is 0 Å². The third-order valence-electron chi connectivity index (χ3n) is 6.28. The second-order valence-corrected chi connectivity index (χ2v) is 8.35. The minimum absolute atomic E-state index is 0.360. The number of anilines is 1. The Morgan fingerprint density at radius 2 is 1.74 bits per heavy atom. The zero-order valence-corrected chi connectivity index (χ0v) is 20.4. The number of nitrogens with zero attached hydrogens (tertiary/aromatic N) is 2. The molecule has 2 aromatic carbocycles. The van der Waals surface area contributed by atoms with E-state index in [-0.39, 0.29) is 6.03 Å². The summed E-state index contributed by atoms with van der Waals surface area (Å²) in [5.74, 6) is 0.966. The Hall–Kier alpha value is -3.72. The predicted octanol–water partition coefficient (Wildman–Crippen LogP) is 2.70. The summed E-state index contributed by atoms with van der Waals surface area (Å²) >= 11 is 0. The lowest BCUT2D eigenvalue weighted by Crippen LogP contribution is -2.51. The van der Waals surface area contributed by atoms with Crippen molar-refractivity contribution in [1.29, 1.82) is 0 Å². The second-order valence-electron chi connectivity index (χ2n) is 8.35. The number of urea groups is 1. The van der Waals surface area contributed by atoms with Gasteiger partial charge >= 0.3 is 12.0 Å².